The number of hydrogen-bond donors (Lipinski definition) is 3. The van der Waals surface area contributed by atoms with Gasteiger partial charge in [-0.05, 0) is 30.7 Å². The Kier molecular flexibility index (Phi) is 4.57. The van der Waals surface area contributed by atoms with E-state index >= 15 is 0 Å². The van der Waals surface area contributed by atoms with E-state index in [-0.39, 0.29) is 30.6 Å². The molecule has 3 N–H and O–H groups in total. The lowest BCUT2D eigenvalue weighted by Crippen LogP contribution is -2.14. The molecule has 1 amide bonds. The summed E-state index contributed by atoms with van der Waals surface area (Å²) in [5, 5.41) is 11.9. The van der Waals surface area contributed by atoms with Crippen LogP contribution in [-0.4, -0.2) is 21.0 Å². The average molecular weight is 404 g/mol. The molecule has 0 unspecified atom stereocenters. The van der Waals surface area contributed by atoms with Gasteiger partial charge in [0, 0.05) is 23.6 Å². The lowest BCUT2D eigenvalue weighted by atomic mass is 10.1. The number of carbonyl (C=O) groups excluding carboxylic acids is 1. The smallest absolute Gasteiger partial charge is 0.362 e. The third-order valence-corrected chi connectivity index (χ3v) is 4.19. The van der Waals surface area contributed by atoms with E-state index in [1.807, 2.05) is 0 Å². The first-order valence-corrected chi connectivity index (χ1v) is 8.58. The highest BCUT2D eigenvalue weighted by Crippen LogP contribution is 2.34. The number of fused-ring (bicyclic) bond motifs is 1. The van der Waals surface area contributed by atoms with Gasteiger partial charge < -0.3 is 20.5 Å². The molecule has 150 valence electrons. The summed E-state index contributed by atoms with van der Waals surface area (Å²) >= 11 is 0. The van der Waals surface area contributed by atoms with Gasteiger partial charge >= 0.3 is 6.18 Å². The van der Waals surface area contributed by atoms with Gasteiger partial charge in [-0.2, -0.15) is 18.2 Å². The minimum absolute atomic E-state index is 0.0208. The van der Waals surface area contributed by atoms with Crippen LogP contribution in [0.5, 0.6) is 0 Å². The monoisotopic (exact) mass is 404 g/mol. The minimum Gasteiger partial charge on any atom is -0.362 e. The highest BCUT2D eigenvalue weighted by Gasteiger charge is 2.35. The first-order valence-electron chi connectivity index (χ1n) is 8.58. The molecule has 0 saturated carbocycles. The number of benzene rings is 1. The molecule has 0 radical (unpaired) electrons. The third kappa shape index (κ3) is 4.13. The number of alkyl halides is 3. The third-order valence-electron chi connectivity index (χ3n) is 4.19. The van der Waals surface area contributed by atoms with Crippen LogP contribution in [0.1, 0.15) is 22.6 Å². The number of halogens is 3. The van der Waals surface area contributed by atoms with Crippen molar-refractivity contribution in [3.05, 3.63) is 53.0 Å². The Morgan fingerprint density at radius 3 is 2.83 bits per heavy atom. The van der Waals surface area contributed by atoms with Crippen LogP contribution >= 0.6 is 0 Å². The molecule has 1 aliphatic rings. The summed E-state index contributed by atoms with van der Waals surface area (Å²) in [5.74, 6) is -0.148. The maximum Gasteiger partial charge on any atom is 0.421 e. The Labute approximate surface area is 162 Å². The first kappa shape index (κ1) is 18.7. The van der Waals surface area contributed by atoms with E-state index in [0.29, 0.717) is 29.0 Å². The van der Waals surface area contributed by atoms with Crippen molar-refractivity contribution in [2.24, 2.45) is 0 Å². The lowest BCUT2D eigenvalue weighted by Gasteiger charge is -2.14. The van der Waals surface area contributed by atoms with Gasteiger partial charge in [0.15, 0.2) is 5.76 Å². The zero-order valence-corrected chi connectivity index (χ0v) is 15.1. The van der Waals surface area contributed by atoms with Gasteiger partial charge in [0.2, 0.25) is 11.9 Å². The van der Waals surface area contributed by atoms with Gasteiger partial charge in [0.25, 0.3) is 0 Å². The van der Waals surface area contributed by atoms with Crippen LogP contribution in [0.2, 0.25) is 0 Å². The lowest BCUT2D eigenvalue weighted by molar-refractivity contribution is -0.137. The Bertz CT molecular complexity index is 1080. The number of rotatable bonds is 5. The summed E-state index contributed by atoms with van der Waals surface area (Å²) in [4.78, 5) is 19.2. The van der Waals surface area contributed by atoms with E-state index in [9.17, 15) is 18.0 Å². The number of nitrogens with zero attached hydrogens (tertiary/aromatic N) is 3. The zero-order valence-electron chi connectivity index (χ0n) is 15.1. The van der Waals surface area contributed by atoms with Crippen LogP contribution in [-0.2, 0) is 23.9 Å². The Hall–Kier alpha value is -3.63. The predicted octanol–water partition coefficient (Wildman–Crippen LogP) is 3.64. The van der Waals surface area contributed by atoms with Crippen molar-refractivity contribution in [1.29, 1.82) is 0 Å². The maximum absolute atomic E-state index is 13.3. The van der Waals surface area contributed by atoms with Crippen molar-refractivity contribution in [2.45, 2.75) is 26.1 Å². The summed E-state index contributed by atoms with van der Waals surface area (Å²) in [7, 11) is 0. The fourth-order valence-electron chi connectivity index (χ4n) is 2.89. The Balaban J connectivity index is 1.58. The van der Waals surface area contributed by atoms with E-state index in [1.54, 1.807) is 31.2 Å². The molecule has 0 saturated heterocycles. The fourth-order valence-corrected chi connectivity index (χ4v) is 2.89. The number of anilines is 4. The standard InChI is InChI=1S/C18H15F3N6O2/c1-9-4-12(29-27-9)7-22-16-13(18(19,20)21)8-23-17(26-16)24-11-2-3-14-10(5-11)6-15(28)25-14/h2-5,8H,6-7H2,1H3,(H,25,28)(H2,22,23,24,26). The summed E-state index contributed by atoms with van der Waals surface area (Å²) in [6.45, 7) is 1.69. The Morgan fingerprint density at radius 2 is 2.10 bits per heavy atom. The molecular weight excluding hydrogens is 389 g/mol. The second-order valence-electron chi connectivity index (χ2n) is 6.46. The topological polar surface area (TPSA) is 105 Å². The van der Waals surface area contributed by atoms with Crippen molar-refractivity contribution < 1.29 is 22.5 Å². The van der Waals surface area contributed by atoms with E-state index in [4.69, 9.17) is 4.52 Å². The summed E-state index contributed by atoms with van der Waals surface area (Å²) < 4.78 is 44.9. The average Bonchev–Trinajstić information content (AvgIpc) is 3.23. The molecule has 2 aromatic heterocycles. The number of nitrogens with one attached hydrogen (secondary N) is 3. The van der Waals surface area contributed by atoms with Crippen LogP contribution < -0.4 is 16.0 Å². The molecule has 1 aromatic carbocycles. The SMILES string of the molecule is Cc1cc(CNc2nc(Nc3ccc4c(c3)CC(=O)N4)ncc2C(F)(F)F)on1. The number of aryl methyl sites for hydroxylation is 1. The van der Waals surface area contributed by atoms with Crippen molar-refractivity contribution >= 4 is 29.0 Å². The van der Waals surface area contributed by atoms with Gasteiger partial charge in [0.1, 0.15) is 11.4 Å². The number of carbonyl (C=O) groups is 1. The van der Waals surface area contributed by atoms with Gasteiger partial charge in [-0.1, -0.05) is 5.16 Å². The Morgan fingerprint density at radius 1 is 1.28 bits per heavy atom. The van der Waals surface area contributed by atoms with Crippen LogP contribution in [0.3, 0.4) is 0 Å². The molecule has 0 spiro atoms. The van der Waals surface area contributed by atoms with Crippen LogP contribution in [0, 0.1) is 6.92 Å². The van der Waals surface area contributed by atoms with Gasteiger partial charge in [0.05, 0.1) is 18.7 Å². The van der Waals surface area contributed by atoms with E-state index < -0.39 is 11.7 Å². The van der Waals surface area contributed by atoms with E-state index in [1.165, 1.54) is 0 Å². The van der Waals surface area contributed by atoms with Gasteiger partial charge in [-0.3, -0.25) is 4.79 Å². The minimum atomic E-state index is -4.63. The molecule has 0 fully saturated rings. The second kappa shape index (κ2) is 7.08. The normalized spacial score (nSPS) is 13.2. The highest BCUT2D eigenvalue weighted by molar-refractivity contribution is 5.99. The first-order chi connectivity index (χ1) is 13.8. The molecule has 8 nitrogen and oxygen atoms in total. The predicted molar refractivity (Wildman–Crippen MR) is 97.7 cm³/mol. The number of amides is 1. The van der Waals surface area contributed by atoms with E-state index in [0.717, 1.165) is 5.56 Å². The quantitative estimate of drug-likeness (QED) is 0.596. The van der Waals surface area contributed by atoms with Crippen molar-refractivity contribution in [2.75, 3.05) is 16.0 Å². The number of hydrogen-bond acceptors (Lipinski definition) is 7. The summed E-state index contributed by atoms with van der Waals surface area (Å²) in [6.07, 6.45) is -3.68. The maximum atomic E-state index is 13.3. The summed E-state index contributed by atoms with van der Waals surface area (Å²) in [5.41, 5.74) is 1.66. The molecule has 29 heavy (non-hydrogen) atoms. The van der Waals surface area contributed by atoms with Crippen LogP contribution in [0.15, 0.2) is 35.0 Å². The van der Waals surface area contributed by atoms with Crippen LogP contribution in [0.25, 0.3) is 0 Å². The molecule has 3 heterocycles. The molecule has 3 aromatic rings. The summed E-state index contributed by atoms with van der Waals surface area (Å²) in [6, 6.07) is 6.72. The van der Waals surface area contributed by atoms with E-state index in [2.05, 4.69) is 31.1 Å². The molecule has 0 aliphatic carbocycles. The fraction of sp³-hybridized carbons (Fsp3) is 0.222. The molecule has 0 atom stereocenters. The molecule has 0 bridgehead atoms. The molecule has 4 rings (SSSR count). The zero-order chi connectivity index (χ0) is 20.6. The highest BCUT2D eigenvalue weighted by atomic mass is 19.4. The van der Waals surface area contributed by atoms with Crippen LogP contribution in [0.4, 0.5) is 36.3 Å². The molecule has 11 heteroatoms. The molecule has 1 aliphatic heterocycles. The largest absolute Gasteiger partial charge is 0.421 e. The van der Waals surface area contributed by atoms with Gasteiger partial charge in [-0.25, -0.2) is 4.98 Å². The number of aromatic nitrogens is 3. The second-order valence-corrected chi connectivity index (χ2v) is 6.46. The van der Waals surface area contributed by atoms with Gasteiger partial charge in [-0.15, -0.1) is 0 Å². The van der Waals surface area contributed by atoms with Crippen molar-refractivity contribution in [3.63, 3.8) is 0 Å². The van der Waals surface area contributed by atoms with Crippen molar-refractivity contribution in [3.8, 4) is 0 Å². The van der Waals surface area contributed by atoms with Crippen molar-refractivity contribution in [1.82, 2.24) is 15.1 Å². The molecular formula is C18H15F3N6O2.